The van der Waals surface area contributed by atoms with Gasteiger partial charge in [0.25, 0.3) is 5.56 Å². The molecule has 2 aromatic heterocycles. The molecular weight excluding hydrogens is 462 g/mol. The summed E-state index contributed by atoms with van der Waals surface area (Å²) in [5.41, 5.74) is 3.00. The summed E-state index contributed by atoms with van der Waals surface area (Å²) >= 11 is 1.56. The number of hydrogen-bond donors (Lipinski definition) is 1. The predicted octanol–water partition coefficient (Wildman–Crippen LogP) is 3.37. The number of H-pyrrole nitrogens is 1. The van der Waals surface area contributed by atoms with Gasteiger partial charge in [-0.2, -0.15) is 5.10 Å². The zero-order valence-corrected chi connectivity index (χ0v) is 21.3. The molecule has 1 N–H and O–H groups in total. The number of thioether (sulfide) groups is 1. The molecule has 180 valence electrons. The molecule has 0 unspecified atom stereocenters. The summed E-state index contributed by atoms with van der Waals surface area (Å²) < 4.78 is 33.8. The van der Waals surface area contributed by atoms with Gasteiger partial charge < -0.3 is 4.74 Å². The average Bonchev–Trinajstić information content (AvgIpc) is 3.33. The van der Waals surface area contributed by atoms with Gasteiger partial charge in [0.2, 0.25) is 0 Å². The Morgan fingerprint density at radius 1 is 1.15 bits per heavy atom. The Labute approximate surface area is 197 Å². The van der Waals surface area contributed by atoms with Crippen molar-refractivity contribution in [1.29, 1.82) is 0 Å². The monoisotopic (exact) mass is 493 g/mol. The quantitative estimate of drug-likeness (QED) is 0.702. The number of aliphatic imine (C=N–C) groups is 1. The van der Waals surface area contributed by atoms with Gasteiger partial charge in [0.15, 0.2) is 15.7 Å². The van der Waals surface area contributed by atoms with E-state index in [1.807, 2.05) is 30.1 Å². The molecule has 0 amide bonds. The molecular formula is C22H31N5O4S2. The van der Waals surface area contributed by atoms with Crippen molar-refractivity contribution < 1.29 is 13.2 Å². The molecule has 5 heterocycles. The topological polar surface area (TPSA) is 111 Å². The average molecular weight is 494 g/mol. The van der Waals surface area contributed by atoms with Crippen molar-refractivity contribution in [3.05, 3.63) is 32.9 Å². The maximum absolute atomic E-state index is 13.3. The number of rotatable bonds is 3. The van der Waals surface area contributed by atoms with Gasteiger partial charge in [0.05, 0.1) is 50.7 Å². The number of ether oxygens (including phenoxy) is 1. The molecule has 33 heavy (non-hydrogen) atoms. The van der Waals surface area contributed by atoms with E-state index in [-0.39, 0.29) is 40.0 Å². The normalized spacial score (nSPS) is 28.5. The first kappa shape index (κ1) is 22.9. The summed E-state index contributed by atoms with van der Waals surface area (Å²) in [6.07, 6.45) is 2.19. The van der Waals surface area contributed by atoms with E-state index in [9.17, 15) is 13.2 Å². The third-order valence-electron chi connectivity index (χ3n) is 6.98. The van der Waals surface area contributed by atoms with Crippen molar-refractivity contribution >= 4 is 32.5 Å². The molecule has 0 bridgehead atoms. The van der Waals surface area contributed by atoms with E-state index in [0.29, 0.717) is 24.4 Å². The van der Waals surface area contributed by atoms with Crippen molar-refractivity contribution in [2.24, 2.45) is 4.99 Å². The van der Waals surface area contributed by atoms with Gasteiger partial charge in [-0.05, 0) is 53.9 Å². The van der Waals surface area contributed by atoms with Crippen LogP contribution in [0.15, 0.2) is 9.79 Å². The molecule has 2 fully saturated rings. The lowest BCUT2D eigenvalue weighted by molar-refractivity contribution is -0.0705. The van der Waals surface area contributed by atoms with Crippen molar-refractivity contribution in [3.63, 3.8) is 0 Å². The number of aryl methyl sites for hydroxylation is 1. The molecule has 11 heteroatoms. The zero-order chi connectivity index (χ0) is 23.7. The van der Waals surface area contributed by atoms with Gasteiger partial charge in [0.1, 0.15) is 0 Å². The van der Waals surface area contributed by atoms with Gasteiger partial charge in [-0.25, -0.2) is 13.4 Å². The van der Waals surface area contributed by atoms with Crippen LogP contribution in [0, 0.1) is 13.8 Å². The molecule has 0 radical (unpaired) electrons. The van der Waals surface area contributed by atoms with Gasteiger partial charge in [0, 0.05) is 17.9 Å². The highest BCUT2D eigenvalue weighted by Gasteiger charge is 2.39. The zero-order valence-electron chi connectivity index (χ0n) is 19.7. The van der Waals surface area contributed by atoms with Crippen LogP contribution in [0.25, 0.3) is 0 Å². The molecule has 0 aromatic carbocycles. The van der Waals surface area contributed by atoms with Crippen molar-refractivity contribution in [3.8, 4) is 0 Å². The highest BCUT2D eigenvalue weighted by molar-refractivity contribution is 8.14. The smallest absolute Gasteiger partial charge is 0.271 e. The lowest BCUT2D eigenvalue weighted by atomic mass is 9.94. The molecule has 2 saturated heterocycles. The predicted molar refractivity (Wildman–Crippen MR) is 130 cm³/mol. The standard InChI is InChI=1S/C22H31N5O4S2/c1-12-17(13(2)26(24-12)16-7-9-33(29,30)11-16)19-18-20(23-14(3)32-19)27(25-21(18)28)15-6-8-31-22(4,5)10-15/h15-16,19H,6-11H2,1-5H3,(H,25,28)/t15-,16+,19+/m1/s1. The fourth-order valence-corrected chi connectivity index (χ4v) is 8.44. The van der Waals surface area contributed by atoms with Crippen LogP contribution in [0.1, 0.15) is 79.9 Å². The number of sulfone groups is 1. The molecule has 0 aliphatic carbocycles. The van der Waals surface area contributed by atoms with Crippen molar-refractivity contribution in [2.45, 2.75) is 76.8 Å². The maximum Gasteiger partial charge on any atom is 0.271 e. The first-order valence-corrected chi connectivity index (χ1v) is 14.1. The number of fused-ring (bicyclic) bond motifs is 1. The SMILES string of the molecule is CC1=Nc2c(c(=O)[nH]n2[C@@H]2CCOC(C)(C)C2)[C@H](c2c(C)nn([C@H]3CCS(=O)(=O)C3)c2C)S1. The van der Waals surface area contributed by atoms with Crippen LogP contribution in [0.5, 0.6) is 0 Å². The summed E-state index contributed by atoms with van der Waals surface area (Å²) in [5, 5.41) is 8.47. The van der Waals surface area contributed by atoms with Crippen LogP contribution in [-0.4, -0.2) is 56.7 Å². The Balaban J connectivity index is 1.58. The second-order valence-corrected chi connectivity index (χ2v) is 13.5. The first-order valence-electron chi connectivity index (χ1n) is 11.4. The van der Waals surface area contributed by atoms with E-state index >= 15 is 0 Å². The second kappa shape index (κ2) is 7.84. The molecule has 3 aliphatic heterocycles. The molecule has 2 aromatic rings. The third-order valence-corrected chi connectivity index (χ3v) is 9.87. The van der Waals surface area contributed by atoms with E-state index in [1.165, 1.54) is 0 Å². The second-order valence-electron chi connectivity index (χ2n) is 10.0. The number of nitrogens with one attached hydrogen (secondary N) is 1. The van der Waals surface area contributed by atoms with Crippen LogP contribution in [-0.2, 0) is 14.6 Å². The summed E-state index contributed by atoms with van der Waals surface area (Å²) in [6.45, 7) is 10.7. The molecule has 9 nitrogen and oxygen atoms in total. The minimum atomic E-state index is -3.03. The molecule has 3 aliphatic rings. The van der Waals surface area contributed by atoms with Gasteiger partial charge >= 0.3 is 0 Å². The number of hydrogen-bond acceptors (Lipinski definition) is 7. The minimum absolute atomic E-state index is 0.110. The van der Waals surface area contributed by atoms with Crippen LogP contribution < -0.4 is 5.56 Å². The van der Waals surface area contributed by atoms with E-state index in [4.69, 9.17) is 14.8 Å². The highest BCUT2D eigenvalue weighted by atomic mass is 32.2. The van der Waals surface area contributed by atoms with Crippen LogP contribution in [0.4, 0.5) is 5.82 Å². The molecule has 3 atom stereocenters. The van der Waals surface area contributed by atoms with Gasteiger partial charge in [-0.1, -0.05) is 11.8 Å². The summed E-state index contributed by atoms with van der Waals surface area (Å²) in [4.78, 5) is 18.0. The lowest BCUT2D eigenvalue weighted by Gasteiger charge is -2.36. The fourth-order valence-electron chi connectivity index (χ4n) is 5.48. The fraction of sp³-hybridized carbons (Fsp3) is 0.682. The summed E-state index contributed by atoms with van der Waals surface area (Å²) in [7, 11) is -3.03. The summed E-state index contributed by atoms with van der Waals surface area (Å²) in [6, 6.07) is -0.0447. The van der Waals surface area contributed by atoms with Crippen LogP contribution >= 0.6 is 11.8 Å². The number of nitrogens with zero attached hydrogens (tertiary/aromatic N) is 4. The van der Waals surface area contributed by atoms with Crippen LogP contribution in [0.3, 0.4) is 0 Å². The lowest BCUT2D eigenvalue weighted by Crippen LogP contribution is -2.35. The molecule has 0 saturated carbocycles. The Morgan fingerprint density at radius 2 is 1.91 bits per heavy atom. The molecule has 0 spiro atoms. The number of aromatic amines is 1. The molecule has 5 rings (SSSR count). The Bertz CT molecular complexity index is 1300. The summed E-state index contributed by atoms with van der Waals surface area (Å²) in [5.74, 6) is 1.01. The van der Waals surface area contributed by atoms with Crippen molar-refractivity contribution in [2.75, 3.05) is 18.1 Å². The van der Waals surface area contributed by atoms with Gasteiger partial charge in [-0.3, -0.25) is 19.3 Å². The highest BCUT2D eigenvalue weighted by Crippen LogP contribution is 2.47. The largest absolute Gasteiger partial charge is 0.375 e. The van der Waals surface area contributed by atoms with E-state index in [1.54, 1.807) is 11.8 Å². The Morgan fingerprint density at radius 3 is 2.58 bits per heavy atom. The number of aromatic nitrogens is 4. The minimum Gasteiger partial charge on any atom is -0.375 e. The Hall–Kier alpha value is -1.85. The van der Waals surface area contributed by atoms with Gasteiger partial charge in [-0.15, -0.1) is 0 Å². The maximum atomic E-state index is 13.3. The van der Waals surface area contributed by atoms with Crippen LogP contribution in [0.2, 0.25) is 0 Å². The Kier molecular flexibility index (Phi) is 5.45. The van der Waals surface area contributed by atoms with E-state index < -0.39 is 9.84 Å². The van der Waals surface area contributed by atoms with E-state index in [0.717, 1.165) is 34.8 Å². The van der Waals surface area contributed by atoms with E-state index in [2.05, 4.69) is 18.9 Å². The third kappa shape index (κ3) is 4.01. The van der Waals surface area contributed by atoms with Crippen molar-refractivity contribution in [1.82, 2.24) is 19.6 Å². The first-order chi connectivity index (χ1) is 15.5.